The van der Waals surface area contributed by atoms with Crippen molar-refractivity contribution >= 4 is 34.4 Å². The van der Waals surface area contributed by atoms with E-state index in [2.05, 4.69) is 30.3 Å². The van der Waals surface area contributed by atoms with Crippen LogP contribution in [0.2, 0.25) is 0 Å². The summed E-state index contributed by atoms with van der Waals surface area (Å²) in [6.07, 6.45) is 3.68. The fourth-order valence-corrected chi connectivity index (χ4v) is 3.30. The van der Waals surface area contributed by atoms with Crippen LogP contribution >= 0.6 is 0 Å². The molecule has 0 bridgehead atoms. The van der Waals surface area contributed by atoms with E-state index in [0.29, 0.717) is 48.1 Å². The summed E-state index contributed by atoms with van der Waals surface area (Å²) in [4.78, 5) is 17.8. The maximum atomic E-state index is 11.7. The molecule has 2 aromatic carbocycles. The Morgan fingerprint density at radius 3 is 2.20 bits per heavy atom. The summed E-state index contributed by atoms with van der Waals surface area (Å²) < 4.78 is 10.5. The van der Waals surface area contributed by atoms with Crippen LogP contribution in [-0.4, -0.2) is 37.8 Å². The third-order valence-electron chi connectivity index (χ3n) is 5.19. The Labute approximate surface area is 205 Å². The Morgan fingerprint density at radius 2 is 1.57 bits per heavy atom. The van der Waals surface area contributed by atoms with Gasteiger partial charge >= 0.3 is 5.97 Å². The number of esters is 1. The smallest absolute Gasteiger partial charge is 0.307 e. The van der Waals surface area contributed by atoms with E-state index in [4.69, 9.17) is 9.47 Å². The monoisotopic (exact) mass is 474 g/mol. The lowest BCUT2D eigenvalue weighted by atomic mass is 10.1. The average molecular weight is 475 g/mol. The number of anilines is 1. The maximum absolute atomic E-state index is 11.7. The lowest BCUT2D eigenvalue weighted by Crippen LogP contribution is -2.26. The third kappa shape index (κ3) is 7.43. The van der Waals surface area contributed by atoms with E-state index in [1.165, 1.54) is 0 Å². The van der Waals surface area contributed by atoms with Crippen molar-refractivity contribution in [3.8, 4) is 5.75 Å². The van der Waals surface area contributed by atoms with Gasteiger partial charge in [0.25, 0.3) is 0 Å². The van der Waals surface area contributed by atoms with E-state index < -0.39 is 0 Å². The van der Waals surface area contributed by atoms with Crippen LogP contribution in [0.25, 0.3) is 0 Å². The zero-order valence-corrected chi connectivity index (χ0v) is 20.5. The highest BCUT2D eigenvalue weighted by atomic mass is 16.5. The highest BCUT2D eigenvalue weighted by Gasteiger charge is 2.10. The number of pyridine rings is 1. The first-order valence-electron chi connectivity index (χ1n) is 11.5. The van der Waals surface area contributed by atoms with Crippen molar-refractivity contribution in [2.24, 2.45) is 20.5 Å². The fraction of sp³-hybridized carbons (Fsp3) is 0.308. The largest absolute Gasteiger partial charge is 0.494 e. The van der Waals surface area contributed by atoms with Crippen LogP contribution < -0.4 is 9.64 Å². The fourth-order valence-electron chi connectivity index (χ4n) is 3.30. The first kappa shape index (κ1) is 25.5. The quantitative estimate of drug-likeness (QED) is 0.220. The number of ether oxygens (including phenoxy) is 2. The molecule has 35 heavy (non-hydrogen) atoms. The Morgan fingerprint density at radius 1 is 0.914 bits per heavy atom. The summed E-state index contributed by atoms with van der Waals surface area (Å²) >= 11 is 0. The molecule has 0 radical (unpaired) electrons. The van der Waals surface area contributed by atoms with Gasteiger partial charge in [-0.25, -0.2) is 0 Å². The number of benzene rings is 2. The van der Waals surface area contributed by atoms with Gasteiger partial charge in [-0.1, -0.05) is 0 Å². The number of rotatable bonds is 11. The molecule has 9 nitrogen and oxygen atoms in total. The molecule has 1 aromatic heterocycles. The number of carbonyl (C=O) groups is 1. The van der Waals surface area contributed by atoms with Gasteiger partial charge in [0.15, 0.2) is 0 Å². The van der Waals surface area contributed by atoms with Crippen molar-refractivity contribution < 1.29 is 14.3 Å². The number of aryl methyl sites for hydroxylation is 1. The van der Waals surface area contributed by atoms with Gasteiger partial charge < -0.3 is 14.4 Å². The second-order valence-corrected chi connectivity index (χ2v) is 7.57. The third-order valence-corrected chi connectivity index (χ3v) is 5.19. The molecule has 0 N–H and O–H groups in total. The molecule has 0 saturated carbocycles. The normalized spacial score (nSPS) is 11.2. The second-order valence-electron chi connectivity index (χ2n) is 7.57. The van der Waals surface area contributed by atoms with Crippen molar-refractivity contribution in [1.29, 1.82) is 0 Å². The van der Waals surface area contributed by atoms with E-state index in [9.17, 15) is 4.79 Å². The van der Waals surface area contributed by atoms with Crippen molar-refractivity contribution in [3.05, 3.63) is 66.5 Å². The lowest BCUT2D eigenvalue weighted by Gasteiger charge is -2.22. The molecule has 3 rings (SSSR count). The number of aromatic nitrogens is 1. The topological polar surface area (TPSA) is 101 Å². The molecule has 0 amide bonds. The summed E-state index contributed by atoms with van der Waals surface area (Å²) in [5.74, 6) is 0.362. The first-order chi connectivity index (χ1) is 17.0. The van der Waals surface area contributed by atoms with Gasteiger partial charge in [-0.15, -0.1) is 5.11 Å². The minimum absolute atomic E-state index is 0.189. The molecule has 3 aromatic rings. The lowest BCUT2D eigenvalue weighted by molar-refractivity contribution is -0.142. The molecule has 0 aliphatic carbocycles. The molecule has 0 spiro atoms. The first-order valence-corrected chi connectivity index (χ1v) is 11.5. The van der Waals surface area contributed by atoms with Crippen LogP contribution in [0.15, 0.2) is 81.4 Å². The van der Waals surface area contributed by atoms with E-state index in [-0.39, 0.29) is 5.97 Å². The van der Waals surface area contributed by atoms with Gasteiger partial charge in [0.05, 0.1) is 37.2 Å². The van der Waals surface area contributed by atoms with Crippen molar-refractivity contribution in [1.82, 2.24) is 4.98 Å². The van der Waals surface area contributed by atoms with Crippen molar-refractivity contribution in [2.75, 3.05) is 31.7 Å². The summed E-state index contributed by atoms with van der Waals surface area (Å²) in [5, 5.41) is 17.3. The Bertz CT molecular complexity index is 1160. The van der Waals surface area contributed by atoms with Gasteiger partial charge in [-0.2, -0.15) is 15.3 Å². The number of methoxy groups -OCH3 is 1. The molecule has 0 aliphatic rings. The molecule has 1 heterocycles. The van der Waals surface area contributed by atoms with Gasteiger partial charge in [-0.05, 0) is 68.8 Å². The number of hydrogen-bond donors (Lipinski definition) is 0. The molecule has 0 saturated heterocycles. The molecule has 9 heteroatoms. The number of nitrogens with zero attached hydrogens (tertiary/aromatic N) is 6. The van der Waals surface area contributed by atoms with Gasteiger partial charge in [0.1, 0.15) is 11.4 Å². The van der Waals surface area contributed by atoms with Crippen LogP contribution in [0.5, 0.6) is 5.75 Å². The highest BCUT2D eigenvalue weighted by Crippen LogP contribution is 2.36. The maximum Gasteiger partial charge on any atom is 0.307 e. The number of hydrogen-bond acceptors (Lipinski definition) is 9. The summed E-state index contributed by atoms with van der Waals surface area (Å²) in [7, 11) is 1.58. The zero-order valence-electron chi connectivity index (χ0n) is 20.5. The summed E-state index contributed by atoms with van der Waals surface area (Å²) in [6.45, 7) is 7.56. The SMILES string of the molecule is CCOC(=O)CCN(CC)c1ccc(/N=N/c2cc(C)c(/N=N/c3ccncc3)cc2OC)cc1. The molecule has 0 atom stereocenters. The molecule has 0 unspecified atom stereocenters. The van der Waals surface area contributed by atoms with E-state index in [0.717, 1.165) is 17.8 Å². The molecule has 0 fully saturated rings. The second kappa shape index (κ2) is 12.9. The van der Waals surface area contributed by atoms with Crippen LogP contribution in [-0.2, 0) is 9.53 Å². The molecular formula is C26H30N6O3. The zero-order chi connectivity index (χ0) is 25.0. The van der Waals surface area contributed by atoms with Gasteiger partial charge in [0.2, 0.25) is 0 Å². The highest BCUT2D eigenvalue weighted by molar-refractivity contribution is 5.70. The predicted octanol–water partition coefficient (Wildman–Crippen LogP) is 7.01. The number of azo groups is 2. The minimum atomic E-state index is -0.189. The van der Waals surface area contributed by atoms with Gasteiger partial charge in [0, 0.05) is 37.2 Å². The van der Waals surface area contributed by atoms with Crippen molar-refractivity contribution in [3.63, 3.8) is 0 Å². The standard InChI is InChI=1S/C26H30N6O3/c1-5-32(16-13-26(33)35-6-2)22-9-7-20(8-10-22)28-31-24-17-19(3)23(18-25(24)34-4)30-29-21-11-14-27-15-12-21/h7-12,14-15,17-18H,5-6,13,16H2,1-4H3/b30-29+,31-28+. The molecule has 182 valence electrons. The Hall–Kier alpha value is -4.14. The van der Waals surface area contributed by atoms with E-state index in [1.807, 2.05) is 51.1 Å². The molecule has 0 aliphatic heterocycles. The summed E-state index contributed by atoms with van der Waals surface area (Å²) in [6, 6.07) is 14.9. The average Bonchev–Trinajstić information content (AvgIpc) is 2.88. The minimum Gasteiger partial charge on any atom is -0.494 e. The van der Waals surface area contributed by atoms with Crippen LogP contribution in [0.1, 0.15) is 25.8 Å². The Kier molecular flexibility index (Phi) is 9.41. The van der Waals surface area contributed by atoms with Crippen molar-refractivity contribution in [2.45, 2.75) is 27.2 Å². The van der Waals surface area contributed by atoms with Crippen LogP contribution in [0.3, 0.4) is 0 Å². The summed E-state index contributed by atoms with van der Waals surface area (Å²) in [5.41, 5.74) is 4.61. The van der Waals surface area contributed by atoms with E-state index in [1.54, 1.807) is 37.7 Å². The van der Waals surface area contributed by atoms with Crippen LogP contribution in [0, 0.1) is 6.92 Å². The van der Waals surface area contributed by atoms with E-state index >= 15 is 0 Å². The molecular weight excluding hydrogens is 444 g/mol. The van der Waals surface area contributed by atoms with Gasteiger partial charge in [-0.3, -0.25) is 9.78 Å². The number of carbonyl (C=O) groups excluding carboxylic acids is 1. The Balaban J connectivity index is 1.71. The predicted molar refractivity (Wildman–Crippen MR) is 136 cm³/mol. The van der Waals surface area contributed by atoms with Crippen LogP contribution in [0.4, 0.5) is 28.4 Å².